The van der Waals surface area contributed by atoms with Gasteiger partial charge < -0.3 is 15.3 Å². The Morgan fingerprint density at radius 3 is 2.70 bits per heavy atom. The van der Waals surface area contributed by atoms with Crippen LogP contribution in [0.5, 0.6) is 5.75 Å². The third-order valence-corrected chi connectivity index (χ3v) is 5.74. The highest BCUT2D eigenvalue weighted by Gasteiger charge is 2.26. The number of phenols is 1. The van der Waals surface area contributed by atoms with Crippen molar-refractivity contribution in [3.8, 4) is 5.75 Å². The number of nitrogens with zero attached hydrogens (tertiary/aromatic N) is 3. The van der Waals surface area contributed by atoms with Gasteiger partial charge in [-0.1, -0.05) is 18.2 Å². The van der Waals surface area contributed by atoms with Gasteiger partial charge in [0.2, 0.25) is 5.91 Å². The smallest absolute Gasteiger partial charge is 0.227 e. The summed E-state index contributed by atoms with van der Waals surface area (Å²) in [5, 5.41) is 15.1. The Labute approximate surface area is 174 Å². The van der Waals surface area contributed by atoms with Crippen molar-refractivity contribution in [3.63, 3.8) is 0 Å². The first-order chi connectivity index (χ1) is 14.7. The van der Waals surface area contributed by atoms with Gasteiger partial charge in [-0.05, 0) is 55.3 Å². The molecule has 150 valence electrons. The monoisotopic (exact) mass is 398 g/mol. The van der Waals surface area contributed by atoms with E-state index in [1.165, 1.54) is 0 Å². The SMILES string of the molecule is O=C(Nc1ccc2ncccc2c1)C1CCN(c2ccc3cccc(O)c3n2)CC1. The van der Waals surface area contributed by atoms with Crippen LogP contribution in [0.3, 0.4) is 0 Å². The number of nitrogens with one attached hydrogen (secondary N) is 1. The number of aromatic nitrogens is 2. The molecule has 0 atom stereocenters. The minimum absolute atomic E-state index is 0.0281. The van der Waals surface area contributed by atoms with Crippen LogP contribution in [0, 0.1) is 5.92 Å². The Hall–Kier alpha value is -3.67. The Balaban J connectivity index is 1.25. The lowest BCUT2D eigenvalue weighted by Crippen LogP contribution is -2.38. The highest BCUT2D eigenvalue weighted by molar-refractivity contribution is 5.95. The molecule has 6 heteroatoms. The zero-order chi connectivity index (χ0) is 20.5. The van der Waals surface area contributed by atoms with Crippen LogP contribution in [-0.4, -0.2) is 34.1 Å². The third-order valence-electron chi connectivity index (χ3n) is 5.74. The molecule has 0 radical (unpaired) electrons. The van der Waals surface area contributed by atoms with Gasteiger partial charge in [0.05, 0.1) is 5.52 Å². The molecule has 0 spiro atoms. The van der Waals surface area contributed by atoms with E-state index in [-0.39, 0.29) is 17.6 Å². The maximum absolute atomic E-state index is 12.8. The van der Waals surface area contributed by atoms with E-state index in [1.807, 2.05) is 54.6 Å². The quantitative estimate of drug-likeness (QED) is 0.537. The predicted molar refractivity (Wildman–Crippen MR) is 119 cm³/mol. The van der Waals surface area contributed by atoms with E-state index in [2.05, 4.69) is 20.2 Å². The largest absolute Gasteiger partial charge is 0.506 e. The average molecular weight is 398 g/mol. The number of carbonyl (C=O) groups is 1. The molecule has 1 fully saturated rings. The maximum atomic E-state index is 12.8. The fourth-order valence-corrected chi connectivity index (χ4v) is 4.07. The van der Waals surface area contributed by atoms with Gasteiger partial charge in [0.1, 0.15) is 17.1 Å². The lowest BCUT2D eigenvalue weighted by molar-refractivity contribution is -0.120. The van der Waals surface area contributed by atoms with Gasteiger partial charge in [0.15, 0.2) is 0 Å². The molecule has 0 bridgehead atoms. The van der Waals surface area contributed by atoms with Crippen molar-refractivity contribution in [2.45, 2.75) is 12.8 Å². The van der Waals surface area contributed by atoms with Crippen molar-refractivity contribution in [2.24, 2.45) is 5.92 Å². The van der Waals surface area contributed by atoms with Crippen LogP contribution >= 0.6 is 0 Å². The Bertz CT molecular complexity index is 1230. The van der Waals surface area contributed by atoms with Gasteiger partial charge in [0.25, 0.3) is 0 Å². The van der Waals surface area contributed by atoms with E-state index in [0.717, 1.165) is 53.7 Å². The summed E-state index contributed by atoms with van der Waals surface area (Å²) in [7, 11) is 0. The van der Waals surface area contributed by atoms with E-state index in [1.54, 1.807) is 12.3 Å². The van der Waals surface area contributed by atoms with Crippen LogP contribution in [0.1, 0.15) is 12.8 Å². The van der Waals surface area contributed by atoms with Crippen molar-refractivity contribution in [1.29, 1.82) is 0 Å². The lowest BCUT2D eigenvalue weighted by Gasteiger charge is -2.32. The fraction of sp³-hybridized carbons (Fsp3) is 0.208. The van der Waals surface area contributed by atoms with E-state index in [0.29, 0.717) is 5.52 Å². The van der Waals surface area contributed by atoms with Gasteiger partial charge >= 0.3 is 0 Å². The summed E-state index contributed by atoms with van der Waals surface area (Å²) in [6, 6.07) is 19.0. The molecule has 1 saturated heterocycles. The first kappa shape index (κ1) is 18.4. The first-order valence-corrected chi connectivity index (χ1v) is 10.2. The number of fused-ring (bicyclic) bond motifs is 2. The number of carbonyl (C=O) groups excluding carboxylic acids is 1. The van der Waals surface area contributed by atoms with Crippen molar-refractivity contribution >= 4 is 39.2 Å². The van der Waals surface area contributed by atoms with Crippen LogP contribution in [0.25, 0.3) is 21.8 Å². The predicted octanol–water partition coefficient (Wildman–Crippen LogP) is 4.34. The molecular weight excluding hydrogens is 376 g/mol. The van der Waals surface area contributed by atoms with E-state index in [4.69, 9.17) is 0 Å². The van der Waals surface area contributed by atoms with Gasteiger partial charge in [-0.3, -0.25) is 9.78 Å². The summed E-state index contributed by atoms with van der Waals surface area (Å²) in [4.78, 5) is 23.9. The number of phenolic OH excluding ortho intramolecular Hbond substituents is 1. The maximum Gasteiger partial charge on any atom is 0.227 e. The molecule has 5 rings (SSSR count). The number of hydrogen-bond donors (Lipinski definition) is 2. The second kappa shape index (κ2) is 7.63. The normalized spacial score (nSPS) is 14.9. The highest BCUT2D eigenvalue weighted by atomic mass is 16.3. The Kier molecular flexibility index (Phi) is 4.67. The van der Waals surface area contributed by atoms with Crippen molar-refractivity contribution in [3.05, 3.63) is 66.9 Å². The second-order valence-corrected chi connectivity index (χ2v) is 7.68. The van der Waals surface area contributed by atoms with Crippen LogP contribution in [0.2, 0.25) is 0 Å². The van der Waals surface area contributed by atoms with Crippen LogP contribution in [0.15, 0.2) is 66.9 Å². The van der Waals surface area contributed by atoms with Gasteiger partial charge in [-0.15, -0.1) is 0 Å². The molecule has 2 N–H and O–H groups in total. The number of piperidine rings is 1. The second-order valence-electron chi connectivity index (χ2n) is 7.68. The molecule has 2 aromatic carbocycles. The number of amides is 1. The molecule has 30 heavy (non-hydrogen) atoms. The minimum Gasteiger partial charge on any atom is -0.506 e. The third kappa shape index (κ3) is 3.52. The molecule has 3 heterocycles. The molecule has 0 aliphatic carbocycles. The number of para-hydroxylation sites is 1. The molecule has 1 aliphatic heterocycles. The van der Waals surface area contributed by atoms with Crippen molar-refractivity contribution in [1.82, 2.24) is 9.97 Å². The van der Waals surface area contributed by atoms with Gasteiger partial charge in [0, 0.05) is 41.7 Å². The number of rotatable bonds is 3. The Morgan fingerprint density at radius 1 is 1.00 bits per heavy atom. The summed E-state index contributed by atoms with van der Waals surface area (Å²) in [6.07, 6.45) is 3.29. The topological polar surface area (TPSA) is 78.4 Å². The number of anilines is 2. The molecule has 0 unspecified atom stereocenters. The molecule has 4 aromatic rings. The summed E-state index contributed by atoms with van der Waals surface area (Å²) in [5.41, 5.74) is 2.33. The minimum atomic E-state index is -0.0281. The molecule has 1 amide bonds. The average Bonchev–Trinajstić information content (AvgIpc) is 2.79. The zero-order valence-corrected chi connectivity index (χ0v) is 16.5. The van der Waals surface area contributed by atoms with Crippen LogP contribution in [-0.2, 0) is 4.79 Å². The number of pyridine rings is 2. The van der Waals surface area contributed by atoms with Gasteiger partial charge in [-0.25, -0.2) is 4.98 Å². The van der Waals surface area contributed by atoms with Crippen molar-refractivity contribution < 1.29 is 9.90 Å². The summed E-state index contributed by atoms with van der Waals surface area (Å²) in [6.45, 7) is 1.51. The zero-order valence-electron chi connectivity index (χ0n) is 16.5. The standard InChI is InChI=1S/C24H22N4O2/c29-21-5-1-3-16-6-9-22(27-23(16)21)28-13-10-17(11-14-28)24(30)26-19-7-8-20-18(15-19)4-2-12-25-20/h1-9,12,15,17,29H,10-11,13-14H2,(H,26,30). The van der Waals surface area contributed by atoms with E-state index < -0.39 is 0 Å². The number of benzene rings is 2. The first-order valence-electron chi connectivity index (χ1n) is 10.2. The molecule has 0 saturated carbocycles. The van der Waals surface area contributed by atoms with Crippen LogP contribution in [0.4, 0.5) is 11.5 Å². The van der Waals surface area contributed by atoms with E-state index >= 15 is 0 Å². The highest BCUT2D eigenvalue weighted by Crippen LogP contribution is 2.28. The summed E-state index contributed by atoms with van der Waals surface area (Å²) >= 11 is 0. The fourth-order valence-electron chi connectivity index (χ4n) is 4.07. The Morgan fingerprint density at radius 2 is 1.83 bits per heavy atom. The molecular formula is C24H22N4O2. The summed E-state index contributed by atoms with van der Waals surface area (Å²) in [5.74, 6) is 1.06. The molecule has 2 aromatic heterocycles. The lowest BCUT2D eigenvalue weighted by atomic mass is 9.95. The molecule has 6 nitrogen and oxygen atoms in total. The number of hydrogen-bond acceptors (Lipinski definition) is 5. The van der Waals surface area contributed by atoms with Crippen molar-refractivity contribution in [2.75, 3.05) is 23.3 Å². The number of aromatic hydroxyl groups is 1. The summed E-state index contributed by atoms with van der Waals surface area (Å²) < 4.78 is 0. The molecule has 1 aliphatic rings. The van der Waals surface area contributed by atoms with Gasteiger partial charge in [-0.2, -0.15) is 0 Å². The van der Waals surface area contributed by atoms with Crippen LogP contribution < -0.4 is 10.2 Å². The van der Waals surface area contributed by atoms with E-state index in [9.17, 15) is 9.90 Å².